The lowest BCUT2D eigenvalue weighted by Crippen LogP contribution is -2.54. The van der Waals surface area contributed by atoms with Crippen LogP contribution in [0, 0.1) is 0 Å². The maximum absolute atomic E-state index is 11.8. The van der Waals surface area contributed by atoms with Gasteiger partial charge >= 0.3 is 6.09 Å². The third-order valence-corrected chi connectivity index (χ3v) is 3.69. The van der Waals surface area contributed by atoms with Crippen LogP contribution in [-0.2, 0) is 4.74 Å². The van der Waals surface area contributed by atoms with Crippen molar-refractivity contribution in [3.8, 4) is 0 Å². The fourth-order valence-electron chi connectivity index (χ4n) is 1.47. The normalized spacial score (nSPS) is 14.3. The Kier molecular flexibility index (Phi) is 8.66. The second-order valence-corrected chi connectivity index (χ2v) is 8.14. The van der Waals surface area contributed by atoms with Gasteiger partial charge in [-0.15, -0.1) is 0 Å². The molecule has 0 aliphatic carbocycles. The van der Waals surface area contributed by atoms with Crippen molar-refractivity contribution in [3.05, 3.63) is 0 Å². The van der Waals surface area contributed by atoms with Crippen molar-refractivity contribution >= 4 is 23.8 Å². The Morgan fingerprint density at radius 2 is 1.82 bits per heavy atom. The van der Waals surface area contributed by atoms with E-state index in [2.05, 4.69) is 34.1 Å². The number of alkyl carbamates (subject to hydrolysis) is 1. The van der Waals surface area contributed by atoms with Gasteiger partial charge in [0, 0.05) is 25.4 Å². The number of thioether (sulfide) groups is 1. The summed E-state index contributed by atoms with van der Waals surface area (Å²) in [7, 11) is 1.73. The topological polar surface area (TPSA) is 74.8 Å². The average molecular weight is 333 g/mol. The molecule has 22 heavy (non-hydrogen) atoms. The maximum Gasteiger partial charge on any atom is 0.408 e. The predicted molar refractivity (Wildman–Crippen MR) is 95.8 cm³/mol. The van der Waals surface area contributed by atoms with Gasteiger partial charge in [-0.05, 0) is 40.9 Å². The summed E-state index contributed by atoms with van der Waals surface area (Å²) in [5, 5.41) is 9.84. The van der Waals surface area contributed by atoms with Crippen LogP contribution in [0.3, 0.4) is 0 Å². The quantitative estimate of drug-likeness (QED) is 0.514. The number of nitrogens with one attached hydrogen (secondary N) is 3. The molecule has 0 radical (unpaired) electrons. The molecule has 0 heterocycles. The van der Waals surface area contributed by atoms with Gasteiger partial charge in [0.25, 0.3) is 0 Å². The number of aliphatic imine (C=N–C) groups is 1. The molecule has 0 saturated carbocycles. The van der Waals surface area contributed by atoms with Crippen molar-refractivity contribution in [2.45, 2.75) is 57.9 Å². The lowest BCUT2D eigenvalue weighted by molar-refractivity contribution is 0.0474. The van der Waals surface area contributed by atoms with Gasteiger partial charge in [0.2, 0.25) is 0 Å². The smallest absolute Gasteiger partial charge is 0.408 e. The number of hydrogen-bond donors (Lipinski definition) is 3. The number of carbonyl (C=O) groups is 1. The van der Waals surface area contributed by atoms with Crippen molar-refractivity contribution in [2.75, 3.05) is 26.4 Å². The van der Waals surface area contributed by atoms with Crippen LogP contribution in [0.1, 0.15) is 41.5 Å². The predicted octanol–water partition coefficient (Wildman–Crippen LogP) is 2.21. The highest BCUT2D eigenvalue weighted by molar-refractivity contribution is 7.99. The monoisotopic (exact) mass is 332 g/mol. The number of ether oxygens (including phenoxy) is 1. The van der Waals surface area contributed by atoms with Gasteiger partial charge in [-0.3, -0.25) is 4.99 Å². The first-order valence-electron chi connectivity index (χ1n) is 7.47. The summed E-state index contributed by atoms with van der Waals surface area (Å²) >= 11 is 1.80. The lowest BCUT2D eigenvalue weighted by atomic mass is 10.1. The second kappa shape index (κ2) is 9.12. The van der Waals surface area contributed by atoms with Crippen LogP contribution in [-0.4, -0.2) is 54.8 Å². The minimum atomic E-state index is -0.501. The summed E-state index contributed by atoms with van der Waals surface area (Å²) in [5.41, 5.74) is -0.954. The van der Waals surface area contributed by atoms with E-state index < -0.39 is 17.2 Å². The Hall–Kier alpha value is -1.11. The van der Waals surface area contributed by atoms with Crippen LogP contribution in [0.15, 0.2) is 4.99 Å². The summed E-state index contributed by atoms with van der Waals surface area (Å²) in [4.78, 5) is 16.0. The highest BCUT2D eigenvalue weighted by atomic mass is 32.2. The van der Waals surface area contributed by atoms with E-state index in [9.17, 15) is 4.79 Å². The summed E-state index contributed by atoms with van der Waals surface area (Å²) in [6.45, 7) is 12.9. The van der Waals surface area contributed by atoms with E-state index in [0.717, 1.165) is 12.5 Å². The molecule has 0 aromatic heterocycles. The molecule has 0 aliphatic rings. The van der Waals surface area contributed by atoms with Crippen LogP contribution in [0.25, 0.3) is 0 Å². The van der Waals surface area contributed by atoms with E-state index in [1.807, 2.05) is 34.6 Å². The number of nitrogens with zero attached hydrogens (tertiary/aromatic N) is 1. The summed E-state index contributed by atoms with van der Waals surface area (Å²) in [6.07, 6.45) is 1.66. The molecule has 0 aliphatic heterocycles. The molecule has 0 fully saturated rings. The minimum absolute atomic E-state index is 0.418. The van der Waals surface area contributed by atoms with E-state index in [0.29, 0.717) is 11.8 Å². The first-order chi connectivity index (χ1) is 9.99. The molecule has 3 N–H and O–H groups in total. The molecule has 6 nitrogen and oxygen atoms in total. The molecule has 1 unspecified atom stereocenters. The molecular formula is C15H32N4O2S. The standard InChI is InChI=1S/C15H32N4O2S/c1-11(22-8)9-17-12(16-7)18-10-15(5,6)19-13(20)21-14(2,3)4/h11H,9-10H2,1-8H3,(H,19,20)(H2,16,17,18). The van der Waals surface area contributed by atoms with Crippen LogP contribution in [0.4, 0.5) is 4.79 Å². The van der Waals surface area contributed by atoms with Crippen molar-refractivity contribution in [3.63, 3.8) is 0 Å². The summed E-state index contributed by atoms with van der Waals surface area (Å²) in [6, 6.07) is 0. The maximum atomic E-state index is 11.8. The molecule has 0 aromatic carbocycles. The van der Waals surface area contributed by atoms with Crippen LogP contribution in [0.2, 0.25) is 0 Å². The fraction of sp³-hybridized carbons (Fsp3) is 0.867. The Morgan fingerprint density at radius 1 is 1.23 bits per heavy atom. The van der Waals surface area contributed by atoms with Crippen LogP contribution in [0.5, 0.6) is 0 Å². The number of guanidine groups is 1. The van der Waals surface area contributed by atoms with Crippen molar-refractivity contribution < 1.29 is 9.53 Å². The van der Waals surface area contributed by atoms with Gasteiger partial charge in [-0.2, -0.15) is 11.8 Å². The number of rotatable bonds is 6. The van der Waals surface area contributed by atoms with Gasteiger partial charge in [-0.1, -0.05) is 6.92 Å². The van der Waals surface area contributed by atoms with Crippen LogP contribution >= 0.6 is 11.8 Å². The molecule has 0 aromatic rings. The van der Waals surface area contributed by atoms with E-state index in [4.69, 9.17) is 4.74 Å². The lowest BCUT2D eigenvalue weighted by Gasteiger charge is -2.29. The van der Waals surface area contributed by atoms with E-state index in [-0.39, 0.29) is 0 Å². The third kappa shape index (κ3) is 10.6. The highest BCUT2D eigenvalue weighted by Gasteiger charge is 2.24. The number of hydrogen-bond acceptors (Lipinski definition) is 4. The minimum Gasteiger partial charge on any atom is -0.444 e. The summed E-state index contributed by atoms with van der Waals surface area (Å²) in [5.74, 6) is 0.722. The highest BCUT2D eigenvalue weighted by Crippen LogP contribution is 2.09. The molecule has 0 rings (SSSR count). The van der Waals surface area contributed by atoms with Crippen molar-refractivity contribution in [1.29, 1.82) is 0 Å². The Morgan fingerprint density at radius 3 is 2.27 bits per heavy atom. The zero-order chi connectivity index (χ0) is 17.4. The third-order valence-electron chi connectivity index (χ3n) is 2.72. The van der Waals surface area contributed by atoms with Gasteiger partial charge in [0.15, 0.2) is 5.96 Å². The van der Waals surface area contributed by atoms with E-state index >= 15 is 0 Å². The molecular weight excluding hydrogens is 300 g/mol. The molecule has 0 saturated heterocycles. The van der Waals surface area contributed by atoms with Crippen molar-refractivity contribution in [1.82, 2.24) is 16.0 Å². The zero-order valence-corrected chi connectivity index (χ0v) is 16.0. The Labute approximate surface area is 139 Å². The molecule has 0 bridgehead atoms. The first kappa shape index (κ1) is 20.9. The van der Waals surface area contributed by atoms with E-state index in [1.165, 1.54) is 0 Å². The molecule has 1 atom stereocenters. The Bertz CT molecular complexity index is 378. The molecule has 130 valence electrons. The average Bonchev–Trinajstić information content (AvgIpc) is 2.35. The first-order valence-corrected chi connectivity index (χ1v) is 8.76. The fourth-order valence-corrected chi connectivity index (χ4v) is 1.72. The molecule has 7 heteroatoms. The second-order valence-electron chi connectivity index (χ2n) is 6.86. The number of carbonyl (C=O) groups excluding carboxylic acids is 1. The van der Waals surface area contributed by atoms with Crippen LogP contribution < -0.4 is 16.0 Å². The molecule has 0 spiro atoms. The van der Waals surface area contributed by atoms with Gasteiger partial charge in [0.1, 0.15) is 5.60 Å². The van der Waals surface area contributed by atoms with Crippen molar-refractivity contribution in [2.24, 2.45) is 4.99 Å². The van der Waals surface area contributed by atoms with Gasteiger partial charge < -0.3 is 20.7 Å². The number of amides is 1. The largest absolute Gasteiger partial charge is 0.444 e. The molecule has 1 amide bonds. The summed E-state index contributed by atoms with van der Waals surface area (Å²) < 4.78 is 5.27. The van der Waals surface area contributed by atoms with Gasteiger partial charge in [0.05, 0.1) is 5.54 Å². The Balaban J connectivity index is 4.32. The van der Waals surface area contributed by atoms with Gasteiger partial charge in [-0.25, -0.2) is 4.79 Å². The zero-order valence-electron chi connectivity index (χ0n) is 15.2. The van der Waals surface area contributed by atoms with E-state index in [1.54, 1.807) is 18.8 Å². The SMILES string of the molecule is CN=C(NCC(C)SC)NCC(C)(C)NC(=O)OC(C)(C)C.